The molecule has 6 rings (SSSR count). The molecule has 12 heteroatoms. The maximum absolute atomic E-state index is 5.25. The summed E-state index contributed by atoms with van der Waals surface area (Å²) in [5.41, 5.74) is -0.0764. The van der Waals surface area contributed by atoms with E-state index in [2.05, 4.69) is 91.6 Å². The second kappa shape index (κ2) is 5.55. The highest BCUT2D eigenvalue weighted by atomic mass is 16.6. The summed E-state index contributed by atoms with van der Waals surface area (Å²) in [6, 6.07) is 0. The van der Waals surface area contributed by atoms with Gasteiger partial charge in [0, 0.05) is 11.1 Å². The van der Waals surface area contributed by atoms with Crippen molar-refractivity contribution in [2.45, 2.75) is 65.0 Å². The number of hydrogen-bond acceptors (Lipinski definition) is 12. The summed E-state index contributed by atoms with van der Waals surface area (Å²) in [6.07, 6.45) is 0.00837. The molecule has 2 saturated heterocycles. The van der Waals surface area contributed by atoms with Crippen molar-refractivity contribution in [2.75, 3.05) is 46.3 Å². The van der Waals surface area contributed by atoms with Crippen LogP contribution in [-0.4, -0.2) is 80.5 Å². The zero-order chi connectivity index (χ0) is 21.0. The van der Waals surface area contributed by atoms with Crippen LogP contribution in [0.25, 0.3) is 0 Å². The molecule has 0 radical (unpaired) electrons. The van der Waals surface area contributed by atoms with E-state index in [1.807, 2.05) is 0 Å². The molecule has 30 heavy (non-hydrogen) atoms. The minimum absolute atomic E-state index is 0.00418. The second-order valence-electron chi connectivity index (χ2n) is 10.5. The van der Waals surface area contributed by atoms with Gasteiger partial charge in [-0.3, -0.25) is 9.80 Å². The Kier molecular flexibility index (Phi) is 3.37. The fourth-order valence-electron chi connectivity index (χ4n) is 4.84. The second-order valence-corrected chi connectivity index (χ2v) is 10.5. The molecule has 6 heterocycles. The quantitative estimate of drug-likeness (QED) is 0.615. The van der Waals surface area contributed by atoms with E-state index in [9.17, 15) is 0 Å². The largest absolute Gasteiger partial charge is 0.313 e. The molecule has 0 amide bonds. The Balaban J connectivity index is 1.53. The van der Waals surface area contributed by atoms with Gasteiger partial charge in [-0.15, -0.1) is 0 Å². The lowest BCUT2D eigenvalue weighted by molar-refractivity contribution is 0.0668. The van der Waals surface area contributed by atoms with Crippen LogP contribution >= 0.6 is 0 Å². The minimum Gasteiger partial charge on any atom is -0.313 e. The van der Waals surface area contributed by atoms with Gasteiger partial charge >= 0.3 is 0 Å². The first-order chi connectivity index (χ1) is 14.1. The molecule has 4 aliphatic rings. The molecule has 0 aromatic carbocycles. The topological polar surface area (TPSA) is 97.3 Å². The highest BCUT2D eigenvalue weighted by Gasteiger charge is 2.58. The lowest BCUT2D eigenvalue weighted by Crippen LogP contribution is -2.81. The lowest BCUT2D eigenvalue weighted by atomic mass is 10.0. The third-order valence-electron chi connectivity index (χ3n) is 6.73. The van der Waals surface area contributed by atoms with Crippen LogP contribution in [0.5, 0.6) is 0 Å². The monoisotopic (exact) mass is 416 g/mol. The third kappa shape index (κ3) is 2.28. The molecule has 2 aromatic rings. The lowest BCUT2D eigenvalue weighted by Gasteiger charge is -2.64. The first kappa shape index (κ1) is 18.2. The van der Waals surface area contributed by atoms with Crippen LogP contribution in [0.1, 0.15) is 41.5 Å². The highest BCUT2D eigenvalue weighted by Crippen LogP contribution is 2.49. The first-order valence-electron chi connectivity index (χ1n) is 10.4. The van der Waals surface area contributed by atoms with Crippen LogP contribution in [0.2, 0.25) is 0 Å². The summed E-state index contributed by atoms with van der Waals surface area (Å²) < 4.78 is 10.5. The van der Waals surface area contributed by atoms with Gasteiger partial charge in [0.25, 0.3) is 0 Å². The van der Waals surface area contributed by atoms with Crippen LogP contribution < -0.4 is 19.6 Å². The zero-order valence-electron chi connectivity index (χ0n) is 18.3. The van der Waals surface area contributed by atoms with Gasteiger partial charge in [0.05, 0.1) is 26.7 Å². The maximum atomic E-state index is 5.25. The van der Waals surface area contributed by atoms with Crippen molar-refractivity contribution < 1.29 is 9.26 Å². The molecule has 4 aliphatic heterocycles. The van der Waals surface area contributed by atoms with E-state index in [-0.39, 0.29) is 23.4 Å². The van der Waals surface area contributed by atoms with Crippen LogP contribution in [-0.2, 0) is 0 Å². The van der Waals surface area contributed by atoms with Crippen molar-refractivity contribution >= 4 is 23.3 Å². The fraction of sp³-hybridized carbons (Fsp3) is 0.778. The third-order valence-corrected chi connectivity index (χ3v) is 6.73. The number of rotatable bonds is 0. The molecular formula is C18H28N10O2. The molecule has 0 spiro atoms. The van der Waals surface area contributed by atoms with Crippen molar-refractivity contribution in [1.29, 1.82) is 0 Å². The van der Waals surface area contributed by atoms with E-state index < -0.39 is 0 Å². The fourth-order valence-corrected chi connectivity index (χ4v) is 4.84. The van der Waals surface area contributed by atoms with Gasteiger partial charge < -0.3 is 19.6 Å². The zero-order valence-corrected chi connectivity index (χ0v) is 18.3. The molecule has 0 saturated carbocycles. The van der Waals surface area contributed by atoms with Crippen molar-refractivity contribution in [2.24, 2.45) is 0 Å². The van der Waals surface area contributed by atoms with E-state index in [4.69, 9.17) is 9.26 Å². The van der Waals surface area contributed by atoms with Gasteiger partial charge in [0.2, 0.25) is 23.3 Å². The van der Waals surface area contributed by atoms with E-state index in [0.717, 1.165) is 49.9 Å². The smallest absolute Gasteiger partial charge is 0.220 e. The number of anilines is 4. The Bertz CT molecular complexity index is 839. The summed E-state index contributed by atoms with van der Waals surface area (Å²) in [6.45, 7) is 16.2. The van der Waals surface area contributed by atoms with Crippen LogP contribution in [0.3, 0.4) is 0 Å². The van der Waals surface area contributed by atoms with Gasteiger partial charge in [0.1, 0.15) is 12.3 Å². The van der Waals surface area contributed by atoms with E-state index >= 15 is 0 Å². The van der Waals surface area contributed by atoms with Crippen molar-refractivity contribution in [3.8, 4) is 0 Å². The van der Waals surface area contributed by atoms with Crippen molar-refractivity contribution in [1.82, 2.24) is 30.4 Å². The molecule has 12 nitrogen and oxygen atoms in total. The molecule has 0 aliphatic carbocycles. The number of aromatic nitrogens is 4. The highest BCUT2D eigenvalue weighted by molar-refractivity contribution is 5.76. The van der Waals surface area contributed by atoms with E-state index in [1.165, 1.54) is 0 Å². The number of fused-ring (bicyclic) bond motifs is 6. The predicted molar refractivity (Wildman–Crippen MR) is 109 cm³/mol. The van der Waals surface area contributed by atoms with Crippen molar-refractivity contribution in [3.05, 3.63) is 0 Å². The normalized spacial score (nSPS) is 26.6. The Hall–Kier alpha value is -2.60. The minimum atomic E-state index is -0.0382. The SMILES string of the molecule is CC(C)(C)N1CN2c3nonc3N3CN(C(C)(C)C)CN4c5nonc5N(C1)C2C34. The Labute approximate surface area is 174 Å². The summed E-state index contributed by atoms with van der Waals surface area (Å²) in [4.78, 5) is 13.9. The molecule has 0 bridgehead atoms. The standard InChI is InChI=1S/C18H28N10O2/c1-17(2,3)23-7-25-11-13(21-29-19-11)27-9-24(18(4,5)6)10-28-14-12(20-30-22-14)26(8-23)15(25)16(27)28/h15-16H,7-10H2,1-6H3. The average molecular weight is 416 g/mol. The summed E-state index contributed by atoms with van der Waals surface area (Å²) >= 11 is 0. The molecule has 2 fully saturated rings. The summed E-state index contributed by atoms with van der Waals surface area (Å²) in [5, 5.41) is 17.2. The van der Waals surface area contributed by atoms with Crippen LogP contribution in [0, 0.1) is 0 Å². The van der Waals surface area contributed by atoms with Gasteiger partial charge in [-0.05, 0) is 62.2 Å². The maximum Gasteiger partial charge on any atom is 0.220 e. The van der Waals surface area contributed by atoms with Crippen molar-refractivity contribution in [3.63, 3.8) is 0 Å². The molecule has 0 N–H and O–H groups in total. The molecule has 162 valence electrons. The Morgan fingerprint density at radius 2 is 0.833 bits per heavy atom. The Morgan fingerprint density at radius 1 is 0.567 bits per heavy atom. The van der Waals surface area contributed by atoms with Gasteiger partial charge in [-0.2, -0.15) is 0 Å². The van der Waals surface area contributed by atoms with E-state index in [1.54, 1.807) is 0 Å². The van der Waals surface area contributed by atoms with Crippen LogP contribution in [0.4, 0.5) is 23.3 Å². The number of nitrogens with zero attached hydrogens (tertiary/aromatic N) is 10. The average Bonchev–Trinajstić information content (AvgIpc) is 3.35. The summed E-state index contributed by atoms with van der Waals surface area (Å²) in [5.74, 6) is 3.08. The molecular weight excluding hydrogens is 388 g/mol. The van der Waals surface area contributed by atoms with E-state index in [0.29, 0.717) is 0 Å². The van der Waals surface area contributed by atoms with Gasteiger partial charge in [-0.1, -0.05) is 0 Å². The first-order valence-corrected chi connectivity index (χ1v) is 10.4. The Morgan fingerprint density at radius 3 is 1.07 bits per heavy atom. The number of hydrogen-bond donors (Lipinski definition) is 0. The van der Waals surface area contributed by atoms with Gasteiger partial charge in [0.15, 0.2) is 0 Å². The van der Waals surface area contributed by atoms with Crippen LogP contribution in [0.15, 0.2) is 9.26 Å². The molecule has 0 unspecified atom stereocenters. The summed E-state index contributed by atoms with van der Waals surface area (Å²) in [7, 11) is 0. The van der Waals surface area contributed by atoms with Gasteiger partial charge in [-0.25, -0.2) is 9.26 Å². The molecule has 0 atom stereocenters. The predicted octanol–water partition coefficient (Wildman–Crippen LogP) is 1.12. The molecule has 2 aromatic heterocycles.